The van der Waals surface area contributed by atoms with Crippen LogP contribution in [0.25, 0.3) is 5.83 Å². The normalized spacial score (nSPS) is 18.0. The monoisotopic (exact) mass is 425 g/mol. The number of anilines is 3. The number of halogens is 1. The first-order valence-electron chi connectivity index (χ1n) is 10.2. The Kier molecular flexibility index (Phi) is 5.34. The quantitative estimate of drug-likeness (QED) is 0.681. The van der Waals surface area contributed by atoms with Gasteiger partial charge >= 0.3 is 0 Å². The van der Waals surface area contributed by atoms with Crippen LogP contribution in [0, 0.1) is 11.8 Å². The number of Topliss-reactive ketones (excluding diaryl/α,β-unsaturated/α-hetero) is 1. The summed E-state index contributed by atoms with van der Waals surface area (Å²) < 4.78 is 16.2. The molecule has 0 radical (unpaired) electrons. The highest BCUT2D eigenvalue weighted by Gasteiger charge is 2.31. The zero-order valence-corrected chi connectivity index (χ0v) is 17.6. The van der Waals surface area contributed by atoms with Crippen LogP contribution in [0.15, 0.2) is 24.5 Å². The smallest absolute Gasteiger partial charge is 0.254 e. The Hall–Kier alpha value is -3.49. The molecule has 4 rings (SSSR count). The van der Waals surface area contributed by atoms with Gasteiger partial charge in [0.15, 0.2) is 5.78 Å². The Labute approximate surface area is 178 Å². The standard InChI is InChI=1S/C22H24FN5O3/c1-11-4-7-14(23)19-18(20(11)29)16(10-28(19)3)26-15-8-17(27-21(30)12-5-6-12)25-9-13(15)22(31)24-2/h7-12H,4-6H2,1-3H3,(H,24,31)(H2,25,26,27,30). The lowest BCUT2D eigenvalue weighted by Crippen LogP contribution is -2.21. The molecule has 2 amide bonds. The van der Waals surface area contributed by atoms with Crippen molar-refractivity contribution in [3.8, 4) is 0 Å². The van der Waals surface area contributed by atoms with Crippen LogP contribution in [0.2, 0.25) is 0 Å². The lowest BCUT2D eigenvalue weighted by atomic mass is 9.98. The molecule has 2 heterocycles. The van der Waals surface area contributed by atoms with Gasteiger partial charge in [0.05, 0.1) is 28.2 Å². The fraction of sp³-hybridized carbons (Fsp3) is 0.364. The summed E-state index contributed by atoms with van der Waals surface area (Å²) >= 11 is 0. The summed E-state index contributed by atoms with van der Waals surface area (Å²) in [6.07, 6.45) is 6.41. The van der Waals surface area contributed by atoms with E-state index in [0.29, 0.717) is 23.6 Å². The first-order chi connectivity index (χ1) is 14.8. The van der Waals surface area contributed by atoms with Gasteiger partial charge in [-0.25, -0.2) is 9.37 Å². The average Bonchev–Trinajstić information content (AvgIpc) is 3.55. The number of rotatable bonds is 5. The maximum Gasteiger partial charge on any atom is 0.254 e. The van der Waals surface area contributed by atoms with Crippen LogP contribution in [0.1, 0.15) is 52.6 Å². The molecule has 1 atom stereocenters. The summed E-state index contributed by atoms with van der Waals surface area (Å²) in [7, 11) is 3.16. The molecule has 9 heteroatoms. The van der Waals surface area contributed by atoms with Gasteiger partial charge in [0.2, 0.25) is 5.91 Å². The minimum Gasteiger partial charge on any atom is -0.355 e. The van der Waals surface area contributed by atoms with E-state index in [2.05, 4.69) is 20.9 Å². The van der Waals surface area contributed by atoms with E-state index in [1.807, 2.05) is 0 Å². The Morgan fingerprint density at radius 1 is 1.26 bits per heavy atom. The van der Waals surface area contributed by atoms with Crippen LogP contribution < -0.4 is 16.0 Å². The summed E-state index contributed by atoms with van der Waals surface area (Å²) in [6.45, 7) is 1.76. The Bertz CT molecular complexity index is 1120. The molecule has 0 bridgehead atoms. The molecule has 1 saturated carbocycles. The zero-order chi connectivity index (χ0) is 22.3. The molecule has 3 N–H and O–H groups in total. The summed E-state index contributed by atoms with van der Waals surface area (Å²) in [4.78, 5) is 41.6. The summed E-state index contributed by atoms with van der Waals surface area (Å²) in [5.41, 5.74) is 1.41. The Morgan fingerprint density at radius 2 is 2.00 bits per heavy atom. The van der Waals surface area contributed by atoms with Crippen molar-refractivity contribution >= 4 is 40.6 Å². The van der Waals surface area contributed by atoms with E-state index >= 15 is 0 Å². The number of aryl methyl sites for hydroxylation is 1. The van der Waals surface area contributed by atoms with Gasteiger partial charge in [-0.2, -0.15) is 0 Å². The van der Waals surface area contributed by atoms with Gasteiger partial charge in [0.25, 0.3) is 5.91 Å². The third kappa shape index (κ3) is 3.95. The van der Waals surface area contributed by atoms with E-state index in [1.165, 1.54) is 19.3 Å². The molecule has 2 aliphatic carbocycles. The van der Waals surface area contributed by atoms with Gasteiger partial charge in [-0.05, 0) is 25.3 Å². The second-order valence-electron chi connectivity index (χ2n) is 8.01. The predicted molar refractivity (Wildman–Crippen MR) is 115 cm³/mol. The molecule has 1 fully saturated rings. The lowest BCUT2D eigenvalue weighted by molar-refractivity contribution is -0.117. The van der Waals surface area contributed by atoms with Crippen molar-refractivity contribution in [3.63, 3.8) is 0 Å². The molecule has 31 heavy (non-hydrogen) atoms. The molecular formula is C22H24FN5O3. The number of aromatic nitrogens is 2. The van der Waals surface area contributed by atoms with Crippen LogP contribution in [0.5, 0.6) is 0 Å². The second kappa shape index (κ2) is 7.98. The predicted octanol–water partition coefficient (Wildman–Crippen LogP) is 3.40. The van der Waals surface area contributed by atoms with Crippen LogP contribution in [0.4, 0.5) is 21.6 Å². The van der Waals surface area contributed by atoms with E-state index < -0.39 is 5.83 Å². The van der Waals surface area contributed by atoms with E-state index in [1.54, 1.807) is 30.8 Å². The summed E-state index contributed by atoms with van der Waals surface area (Å²) in [5.74, 6) is -1.23. The van der Waals surface area contributed by atoms with Crippen LogP contribution in [0.3, 0.4) is 0 Å². The van der Waals surface area contributed by atoms with Gasteiger partial charge in [-0.1, -0.05) is 6.92 Å². The number of hydrogen-bond acceptors (Lipinski definition) is 5. The van der Waals surface area contributed by atoms with Gasteiger partial charge in [-0.3, -0.25) is 14.4 Å². The molecule has 8 nitrogen and oxygen atoms in total. The molecule has 0 aromatic carbocycles. The number of pyridine rings is 1. The number of carbonyl (C=O) groups is 3. The molecule has 2 aromatic heterocycles. The topological polar surface area (TPSA) is 105 Å². The molecule has 2 aliphatic rings. The van der Waals surface area contributed by atoms with Crippen LogP contribution >= 0.6 is 0 Å². The van der Waals surface area contributed by atoms with Crippen molar-refractivity contribution < 1.29 is 18.8 Å². The number of allylic oxidation sites excluding steroid dienone is 1. The summed E-state index contributed by atoms with van der Waals surface area (Å²) in [6, 6.07) is 1.54. The van der Waals surface area contributed by atoms with Gasteiger partial charge in [0.1, 0.15) is 11.6 Å². The Balaban J connectivity index is 1.75. The molecule has 0 aliphatic heterocycles. The number of fused-ring (bicyclic) bond motifs is 1. The lowest BCUT2D eigenvalue weighted by Gasteiger charge is -2.14. The van der Waals surface area contributed by atoms with Gasteiger partial charge < -0.3 is 20.5 Å². The zero-order valence-electron chi connectivity index (χ0n) is 17.6. The van der Waals surface area contributed by atoms with Crippen molar-refractivity contribution in [2.45, 2.75) is 26.2 Å². The molecule has 0 spiro atoms. The fourth-order valence-corrected chi connectivity index (χ4v) is 3.65. The molecule has 1 unspecified atom stereocenters. The van der Waals surface area contributed by atoms with E-state index in [9.17, 15) is 18.8 Å². The first-order valence-corrected chi connectivity index (χ1v) is 10.2. The van der Waals surface area contributed by atoms with Gasteiger partial charge in [0, 0.05) is 44.4 Å². The molecule has 2 aromatic rings. The minimum atomic E-state index is -0.457. The number of carbonyl (C=O) groups excluding carboxylic acids is 3. The van der Waals surface area contributed by atoms with Crippen molar-refractivity contribution in [2.75, 3.05) is 17.7 Å². The van der Waals surface area contributed by atoms with E-state index in [-0.39, 0.29) is 46.3 Å². The number of amides is 2. The van der Waals surface area contributed by atoms with E-state index in [0.717, 1.165) is 12.8 Å². The number of hydrogen-bond donors (Lipinski definition) is 3. The minimum absolute atomic E-state index is 0.00408. The highest BCUT2D eigenvalue weighted by atomic mass is 19.1. The fourth-order valence-electron chi connectivity index (χ4n) is 3.65. The average molecular weight is 425 g/mol. The highest BCUT2D eigenvalue weighted by molar-refractivity contribution is 6.08. The van der Waals surface area contributed by atoms with Crippen molar-refractivity contribution in [1.29, 1.82) is 0 Å². The third-order valence-electron chi connectivity index (χ3n) is 5.60. The van der Waals surface area contributed by atoms with Crippen molar-refractivity contribution in [3.05, 3.63) is 41.4 Å². The Morgan fingerprint density at radius 3 is 2.68 bits per heavy atom. The summed E-state index contributed by atoms with van der Waals surface area (Å²) in [5, 5.41) is 8.41. The highest BCUT2D eigenvalue weighted by Crippen LogP contribution is 2.37. The molecule has 0 saturated heterocycles. The maximum absolute atomic E-state index is 14.7. The SMILES string of the molecule is CNC(=O)c1cnc(NC(=O)C2CC2)cc1Nc1cn(C)c2c1C(=O)C(C)CC=C2F. The number of ketones is 1. The first kappa shape index (κ1) is 20.8. The van der Waals surface area contributed by atoms with Crippen LogP contribution in [-0.4, -0.2) is 34.2 Å². The molecular weight excluding hydrogens is 401 g/mol. The maximum atomic E-state index is 14.7. The number of nitrogens with one attached hydrogen (secondary N) is 3. The second-order valence-corrected chi connectivity index (χ2v) is 8.01. The van der Waals surface area contributed by atoms with Crippen molar-refractivity contribution in [1.82, 2.24) is 14.9 Å². The third-order valence-corrected chi connectivity index (χ3v) is 5.60. The largest absolute Gasteiger partial charge is 0.355 e. The molecule has 162 valence electrons. The van der Waals surface area contributed by atoms with Crippen molar-refractivity contribution in [2.24, 2.45) is 18.9 Å². The number of nitrogens with zero attached hydrogens (tertiary/aromatic N) is 2. The van der Waals surface area contributed by atoms with E-state index in [4.69, 9.17) is 0 Å². The van der Waals surface area contributed by atoms with Gasteiger partial charge in [-0.15, -0.1) is 0 Å². The van der Waals surface area contributed by atoms with Crippen LogP contribution in [-0.2, 0) is 11.8 Å².